The molecule has 2 aromatic rings. The standard InChI is InChI=1S/C22H26ClFN2O4S/c1-15(14-27)25-22(28)16-6-10-18(11-7-16)26(21-5-3-2-4-20(21)24)31(29,30)19-12-8-17(23)9-13-19/h6-13,15,20-21,27H,2-5,14H2,1H3,(H,25,28). The van der Waals surface area contributed by atoms with E-state index < -0.39 is 28.3 Å². The van der Waals surface area contributed by atoms with Crippen LogP contribution in [-0.4, -0.2) is 44.3 Å². The summed E-state index contributed by atoms with van der Waals surface area (Å²) in [6.45, 7) is 1.47. The molecule has 0 saturated heterocycles. The normalized spacial score (nSPS) is 20.1. The highest BCUT2D eigenvalue weighted by atomic mass is 35.5. The fraction of sp³-hybridized carbons (Fsp3) is 0.409. The highest BCUT2D eigenvalue weighted by Crippen LogP contribution is 2.34. The van der Waals surface area contributed by atoms with Gasteiger partial charge in [-0.15, -0.1) is 0 Å². The predicted octanol–water partition coefficient (Wildman–Crippen LogP) is 3.93. The van der Waals surface area contributed by atoms with Gasteiger partial charge in [-0.3, -0.25) is 9.10 Å². The van der Waals surface area contributed by atoms with E-state index in [4.69, 9.17) is 16.7 Å². The summed E-state index contributed by atoms with van der Waals surface area (Å²) in [6, 6.07) is 10.5. The third-order valence-electron chi connectivity index (χ3n) is 5.35. The first kappa shape index (κ1) is 23.5. The topological polar surface area (TPSA) is 86.7 Å². The van der Waals surface area contributed by atoms with Crippen molar-refractivity contribution >= 4 is 33.2 Å². The number of amides is 1. The smallest absolute Gasteiger partial charge is 0.264 e. The van der Waals surface area contributed by atoms with Crippen molar-refractivity contribution in [1.82, 2.24) is 5.32 Å². The van der Waals surface area contributed by atoms with E-state index in [9.17, 15) is 17.6 Å². The summed E-state index contributed by atoms with van der Waals surface area (Å²) in [5.74, 6) is -0.388. The van der Waals surface area contributed by atoms with Gasteiger partial charge in [-0.2, -0.15) is 0 Å². The molecule has 3 atom stereocenters. The van der Waals surface area contributed by atoms with Crippen LogP contribution in [0.15, 0.2) is 53.4 Å². The highest BCUT2D eigenvalue weighted by Gasteiger charge is 2.38. The second kappa shape index (κ2) is 9.97. The summed E-state index contributed by atoms with van der Waals surface area (Å²) < 4.78 is 43.0. The number of benzene rings is 2. The molecule has 9 heteroatoms. The molecule has 0 aliphatic heterocycles. The van der Waals surface area contributed by atoms with Crippen LogP contribution in [0.25, 0.3) is 0 Å². The van der Waals surface area contributed by atoms with Crippen LogP contribution in [0.1, 0.15) is 43.0 Å². The molecule has 1 aliphatic rings. The fourth-order valence-corrected chi connectivity index (χ4v) is 5.50. The van der Waals surface area contributed by atoms with Gasteiger partial charge in [0.25, 0.3) is 15.9 Å². The van der Waals surface area contributed by atoms with Gasteiger partial charge >= 0.3 is 0 Å². The summed E-state index contributed by atoms with van der Waals surface area (Å²) in [5, 5.41) is 12.1. The number of carbonyl (C=O) groups excluding carboxylic acids is 1. The number of aliphatic hydroxyl groups is 1. The number of halogens is 2. The number of rotatable bonds is 7. The molecule has 1 fully saturated rings. The minimum absolute atomic E-state index is 0.0215. The highest BCUT2D eigenvalue weighted by molar-refractivity contribution is 7.92. The maximum absolute atomic E-state index is 14.9. The summed E-state index contributed by atoms with van der Waals surface area (Å²) in [4.78, 5) is 12.3. The molecule has 3 rings (SSSR count). The van der Waals surface area contributed by atoms with Crippen molar-refractivity contribution in [1.29, 1.82) is 0 Å². The van der Waals surface area contributed by atoms with Crippen molar-refractivity contribution in [2.24, 2.45) is 0 Å². The van der Waals surface area contributed by atoms with Crippen LogP contribution in [0, 0.1) is 0 Å². The Labute approximate surface area is 187 Å². The number of hydrogen-bond donors (Lipinski definition) is 2. The van der Waals surface area contributed by atoms with Gasteiger partial charge in [0.05, 0.1) is 23.2 Å². The Balaban J connectivity index is 1.99. The monoisotopic (exact) mass is 468 g/mol. The summed E-state index contributed by atoms with van der Waals surface area (Å²) in [6.07, 6.45) is 0.872. The van der Waals surface area contributed by atoms with Gasteiger partial charge in [0.2, 0.25) is 0 Å². The largest absolute Gasteiger partial charge is 0.394 e. The van der Waals surface area contributed by atoms with Gasteiger partial charge in [-0.05, 0) is 68.3 Å². The lowest BCUT2D eigenvalue weighted by atomic mass is 9.93. The fourth-order valence-electron chi connectivity index (χ4n) is 3.67. The van der Waals surface area contributed by atoms with Crippen LogP contribution >= 0.6 is 11.6 Å². The number of nitrogens with one attached hydrogen (secondary N) is 1. The molecule has 0 spiro atoms. The predicted molar refractivity (Wildman–Crippen MR) is 119 cm³/mol. The van der Waals surface area contributed by atoms with Crippen molar-refractivity contribution in [3.05, 3.63) is 59.1 Å². The Kier molecular flexibility index (Phi) is 7.56. The first-order chi connectivity index (χ1) is 14.7. The molecule has 2 N–H and O–H groups in total. The van der Waals surface area contributed by atoms with Crippen molar-refractivity contribution in [2.45, 2.75) is 55.8 Å². The van der Waals surface area contributed by atoms with Crippen molar-refractivity contribution < 1.29 is 22.7 Å². The molecular formula is C22H26ClFN2O4S. The van der Waals surface area contributed by atoms with Crippen molar-refractivity contribution in [3.63, 3.8) is 0 Å². The molecule has 0 heterocycles. The van der Waals surface area contributed by atoms with Crippen LogP contribution in [-0.2, 0) is 10.0 Å². The quantitative estimate of drug-likeness (QED) is 0.644. The average Bonchev–Trinajstić information content (AvgIpc) is 2.75. The van der Waals surface area contributed by atoms with Gasteiger partial charge < -0.3 is 10.4 Å². The van der Waals surface area contributed by atoms with Gasteiger partial charge in [0.1, 0.15) is 6.17 Å². The first-order valence-corrected chi connectivity index (χ1v) is 12.0. The third-order valence-corrected chi connectivity index (χ3v) is 7.47. The van der Waals surface area contributed by atoms with Crippen molar-refractivity contribution in [2.75, 3.05) is 10.9 Å². The van der Waals surface area contributed by atoms with Gasteiger partial charge in [-0.1, -0.05) is 24.4 Å². The number of hydrogen-bond acceptors (Lipinski definition) is 4. The number of alkyl halides is 1. The molecule has 1 saturated carbocycles. The maximum Gasteiger partial charge on any atom is 0.264 e. The molecule has 1 amide bonds. The van der Waals surface area contributed by atoms with Gasteiger partial charge in [0, 0.05) is 16.6 Å². The van der Waals surface area contributed by atoms with E-state index in [0.717, 1.165) is 10.7 Å². The Morgan fingerprint density at radius 2 is 1.77 bits per heavy atom. The summed E-state index contributed by atoms with van der Waals surface area (Å²) in [7, 11) is -4.06. The molecule has 1 aliphatic carbocycles. The average molecular weight is 469 g/mol. The summed E-state index contributed by atoms with van der Waals surface area (Å²) in [5.41, 5.74) is 0.601. The van der Waals surface area contributed by atoms with E-state index in [-0.39, 0.29) is 23.1 Å². The van der Waals surface area contributed by atoms with Gasteiger partial charge in [0.15, 0.2) is 0 Å². The molecule has 168 valence electrons. The van der Waals surface area contributed by atoms with Crippen LogP contribution in [0.4, 0.5) is 10.1 Å². The van der Waals surface area contributed by atoms with Crippen LogP contribution in [0.3, 0.4) is 0 Å². The van der Waals surface area contributed by atoms with Gasteiger partial charge in [-0.25, -0.2) is 12.8 Å². The Morgan fingerprint density at radius 3 is 2.35 bits per heavy atom. The molecular weight excluding hydrogens is 443 g/mol. The van der Waals surface area contributed by atoms with Crippen molar-refractivity contribution in [3.8, 4) is 0 Å². The Morgan fingerprint density at radius 1 is 1.16 bits per heavy atom. The Hall–Kier alpha value is -2.16. The maximum atomic E-state index is 14.9. The van der Waals surface area contributed by atoms with Crippen LogP contribution < -0.4 is 9.62 Å². The number of anilines is 1. The van der Waals surface area contributed by atoms with Crippen LogP contribution in [0.2, 0.25) is 5.02 Å². The second-order valence-electron chi connectivity index (χ2n) is 7.73. The molecule has 6 nitrogen and oxygen atoms in total. The zero-order valence-electron chi connectivity index (χ0n) is 17.2. The van der Waals surface area contributed by atoms with E-state index in [2.05, 4.69) is 5.32 Å². The lowest BCUT2D eigenvalue weighted by Gasteiger charge is -2.37. The van der Waals surface area contributed by atoms with E-state index in [0.29, 0.717) is 29.8 Å². The number of sulfonamides is 1. The van der Waals surface area contributed by atoms with Crippen LogP contribution in [0.5, 0.6) is 0 Å². The molecule has 3 unspecified atom stereocenters. The second-order valence-corrected chi connectivity index (χ2v) is 9.98. The molecule has 31 heavy (non-hydrogen) atoms. The minimum Gasteiger partial charge on any atom is -0.394 e. The third kappa shape index (κ3) is 5.37. The van der Waals surface area contributed by atoms with E-state index >= 15 is 0 Å². The molecule has 0 aromatic heterocycles. The lowest BCUT2D eigenvalue weighted by molar-refractivity contribution is 0.0922. The van der Waals surface area contributed by atoms with E-state index in [1.54, 1.807) is 6.92 Å². The molecule has 0 radical (unpaired) electrons. The zero-order chi connectivity index (χ0) is 22.6. The number of carbonyl (C=O) groups is 1. The van der Waals surface area contributed by atoms with E-state index in [1.165, 1.54) is 48.5 Å². The SMILES string of the molecule is CC(CO)NC(=O)c1ccc(N(C2CCCCC2F)S(=O)(=O)c2ccc(Cl)cc2)cc1. The lowest BCUT2D eigenvalue weighted by Crippen LogP contribution is -2.47. The van der Waals surface area contributed by atoms with E-state index in [1.807, 2.05) is 0 Å². The minimum atomic E-state index is -4.06. The Bertz CT molecular complexity index is 999. The first-order valence-electron chi connectivity index (χ1n) is 10.2. The molecule has 2 aromatic carbocycles. The zero-order valence-corrected chi connectivity index (χ0v) is 18.7. The number of aliphatic hydroxyl groups excluding tert-OH is 1. The summed E-state index contributed by atoms with van der Waals surface area (Å²) >= 11 is 5.90. The number of nitrogens with zero attached hydrogens (tertiary/aromatic N) is 1. The molecule has 0 bridgehead atoms.